The summed E-state index contributed by atoms with van der Waals surface area (Å²) >= 11 is 0. The summed E-state index contributed by atoms with van der Waals surface area (Å²) in [6.07, 6.45) is 6.45. The van der Waals surface area contributed by atoms with Gasteiger partial charge in [-0.15, -0.1) is 0 Å². The summed E-state index contributed by atoms with van der Waals surface area (Å²) in [5, 5.41) is 10.1. The van der Waals surface area contributed by atoms with Crippen LogP contribution in [-0.4, -0.2) is 31.6 Å². The summed E-state index contributed by atoms with van der Waals surface area (Å²) in [7, 11) is 0. The molecule has 0 amide bonds. The van der Waals surface area contributed by atoms with Crippen LogP contribution >= 0.6 is 0 Å². The quantitative estimate of drug-likeness (QED) is 0.686. The van der Waals surface area contributed by atoms with Crippen LogP contribution in [0.1, 0.15) is 49.0 Å². The summed E-state index contributed by atoms with van der Waals surface area (Å²) in [4.78, 5) is 17.7. The van der Waals surface area contributed by atoms with Crippen LogP contribution in [0.3, 0.4) is 0 Å². The molecule has 0 radical (unpaired) electrons. The Labute approximate surface area is 171 Å². The molecule has 0 bridgehead atoms. The Balaban J connectivity index is 1.49. The molecule has 4 rings (SSSR count). The van der Waals surface area contributed by atoms with Gasteiger partial charge in [-0.1, -0.05) is 6.07 Å². The predicted octanol–water partition coefficient (Wildman–Crippen LogP) is 3.96. The molecule has 1 saturated carbocycles. The summed E-state index contributed by atoms with van der Waals surface area (Å²) in [6.45, 7) is 7.97. The van der Waals surface area contributed by atoms with E-state index in [0.29, 0.717) is 35.8 Å². The predicted molar refractivity (Wildman–Crippen MR) is 111 cm³/mol. The number of nitrogens with zero attached hydrogens (tertiary/aromatic N) is 4. The van der Waals surface area contributed by atoms with Gasteiger partial charge in [-0.25, -0.2) is 4.98 Å². The fourth-order valence-electron chi connectivity index (χ4n) is 3.41. The van der Waals surface area contributed by atoms with Gasteiger partial charge >= 0.3 is 0 Å². The van der Waals surface area contributed by atoms with E-state index in [2.05, 4.69) is 32.9 Å². The molecule has 2 unspecified atom stereocenters. The fourth-order valence-corrected chi connectivity index (χ4v) is 3.41. The van der Waals surface area contributed by atoms with E-state index in [1.165, 1.54) is 5.56 Å². The molecule has 3 aromatic rings. The van der Waals surface area contributed by atoms with Crippen molar-refractivity contribution in [2.24, 2.45) is 5.92 Å². The molecule has 6 heteroatoms. The van der Waals surface area contributed by atoms with Gasteiger partial charge < -0.3 is 9.84 Å². The second kappa shape index (κ2) is 7.52. The van der Waals surface area contributed by atoms with Gasteiger partial charge in [0.15, 0.2) is 0 Å². The third kappa shape index (κ3) is 4.43. The summed E-state index contributed by atoms with van der Waals surface area (Å²) in [5.74, 6) is 2.13. The Kier molecular flexibility index (Phi) is 5.04. The van der Waals surface area contributed by atoms with Crippen LogP contribution in [0.25, 0.3) is 11.1 Å². The third-order valence-electron chi connectivity index (χ3n) is 5.25. The van der Waals surface area contributed by atoms with Gasteiger partial charge in [0.25, 0.3) is 0 Å². The van der Waals surface area contributed by atoms with Crippen LogP contribution < -0.4 is 4.74 Å². The van der Waals surface area contributed by atoms with Gasteiger partial charge in [0.2, 0.25) is 5.88 Å². The summed E-state index contributed by atoms with van der Waals surface area (Å²) in [6, 6.07) is 7.91. The van der Waals surface area contributed by atoms with Crippen LogP contribution in [0.4, 0.5) is 0 Å². The SMILES string of the molecule is Cc1ccnc(C2CC2COc2nc(C)ncc2-c2ccc(C(C)(C)O)nc2)c1. The van der Waals surface area contributed by atoms with Gasteiger partial charge in [0, 0.05) is 41.7 Å². The van der Waals surface area contributed by atoms with Gasteiger partial charge in [0.1, 0.15) is 11.4 Å². The van der Waals surface area contributed by atoms with E-state index in [1.54, 1.807) is 26.2 Å². The molecule has 1 aliphatic rings. The number of aliphatic hydroxyl groups is 1. The topological polar surface area (TPSA) is 81.0 Å². The first kappa shape index (κ1) is 19.5. The maximum Gasteiger partial charge on any atom is 0.224 e. The molecule has 0 spiro atoms. The minimum absolute atomic E-state index is 0.447. The molecule has 6 nitrogen and oxygen atoms in total. The van der Waals surface area contributed by atoms with E-state index in [0.717, 1.165) is 23.2 Å². The Bertz CT molecular complexity index is 1010. The average molecular weight is 390 g/mol. The maximum atomic E-state index is 10.1. The van der Waals surface area contributed by atoms with Crippen LogP contribution in [-0.2, 0) is 5.60 Å². The maximum absolute atomic E-state index is 10.1. The Morgan fingerprint density at radius 3 is 2.62 bits per heavy atom. The molecule has 2 atom stereocenters. The zero-order valence-electron chi connectivity index (χ0n) is 17.3. The molecular weight excluding hydrogens is 364 g/mol. The minimum atomic E-state index is -0.980. The van der Waals surface area contributed by atoms with Crippen molar-refractivity contribution >= 4 is 0 Å². The Morgan fingerprint density at radius 2 is 1.93 bits per heavy atom. The van der Waals surface area contributed by atoms with Crippen molar-refractivity contribution in [1.29, 1.82) is 0 Å². The second-order valence-electron chi connectivity index (χ2n) is 8.30. The van der Waals surface area contributed by atoms with E-state index in [1.807, 2.05) is 31.3 Å². The van der Waals surface area contributed by atoms with Gasteiger partial charge in [-0.2, -0.15) is 4.98 Å². The first-order chi connectivity index (χ1) is 13.8. The zero-order valence-corrected chi connectivity index (χ0v) is 17.3. The molecule has 3 aromatic heterocycles. The van der Waals surface area contributed by atoms with Crippen molar-refractivity contribution in [3.05, 3.63) is 65.6 Å². The van der Waals surface area contributed by atoms with E-state index in [4.69, 9.17) is 4.74 Å². The normalized spacial score (nSPS) is 18.5. The molecule has 0 saturated heterocycles. The second-order valence-corrected chi connectivity index (χ2v) is 8.30. The van der Waals surface area contributed by atoms with E-state index in [-0.39, 0.29) is 0 Å². The van der Waals surface area contributed by atoms with Crippen LogP contribution in [0, 0.1) is 19.8 Å². The highest BCUT2D eigenvalue weighted by Crippen LogP contribution is 2.47. The summed E-state index contributed by atoms with van der Waals surface area (Å²) in [5.41, 5.74) is 3.67. The van der Waals surface area contributed by atoms with E-state index in [9.17, 15) is 5.11 Å². The standard InChI is InChI=1S/C23H26N4O2/c1-14-7-8-24-20(9-14)18-10-17(18)13-29-22-19(12-25-15(2)27-22)16-5-6-21(26-11-16)23(3,4)28/h5-9,11-12,17-18,28H,10,13H2,1-4H3. The highest BCUT2D eigenvalue weighted by molar-refractivity contribution is 5.67. The first-order valence-electron chi connectivity index (χ1n) is 9.89. The molecule has 3 heterocycles. The smallest absolute Gasteiger partial charge is 0.224 e. The number of hydrogen-bond acceptors (Lipinski definition) is 6. The fraction of sp³-hybridized carbons (Fsp3) is 0.391. The number of aryl methyl sites for hydroxylation is 2. The molecule has 29 heavy (non-hydrogen) atoms. The van der Waals surface area contributed by atoms with Crippen molar-refractivity contribution < 1.29 is 9.84 Å². The number of pyridine rings is 2. The lowest BCUT2D eigenvalue weighted by Crippen LogP contribution is -2.17. The molecular formula is C23H26N4O2. The Morgan fingerprint density at radius 1 is 1.10 bits per heavy atom. The number of ether oxygens (including phenoxy) is 1. The molecule has 0 aliphatic heterocycles. The summed E-state index contributed by atoms with van der Waals surface area (Å²) < 4.78 is 6.12. The zero-order chi connectivity index (χ0) is 20.6. The molecule has 1 aliphatic carbocycles. The van der Waals surface area contributed by atoms with Crippen molar-refractivity contribution in [2.75, 3.05) is 6.61 Å². The van der Waals surface area contributed by atoms with E-state index >= 15 is 0 Å². The lowest BCUT2D eigenvalue weighted by atomic mass is 10.0. The van der Waals surface area contributed by atoms with Crippen molar-refractivity contribution in [3.63, 3.8) is 0 Å². The minimum Gasteiger partial charge on any atom is -0.477 e. The third-order valence-corrected chi connectivity index (χ3v) is 5.25. The van der Waals surface area contributed by atoms with Gasteiger partial charge in [-0.3, -0.25) is 9.97 Å². The molecule has 150 valence electrons. The van der Waals surface area contributed by atoms with Crippen LogP contribution in [0.2, 0.25) is 0 Å². The highest BCUT2D eigenvalue weighted by atomic mass is 16.5. The van der Waals surface area contributed by atoms with Crippen LogP contribution in [0.5, 0.6) is 5.88 Å². The first-order valence-corrected chi connectivity index (χ1v) is 9.89. The highest BCUT2D eigenvalue weighted by Gasteiger charge is 2.40. The lowest BCUT2D eigenvalue weighted by Gasteiger charge is -2.17. The largest absolute Gasteiger partial charge is 0.477 e. The molecule has 1 fully saturated rings. The van der Waals surface area contributed by atoms with Crippen molar-refractivity contribution in [3.8, 4) is 17.0 Å². The average Bonchev–Trinajstić information content (AvgIpc) is 3.46. The van der Waals surface area contributed by atoms with Crippen LogP contribution in [0.15, 0.2) is 42.9 Å². The lowest BCUT2D eigenvalue weighted by molar-refractivity contribution is 0.0739. The van der Waals surface area contributed by atoms with Gasteiger partial charge in [0.05, 0.1) is 17.9 Å². The molecule has 0 aromatic carbocycles. The number of rotatable bonds is 6. The van der Waals surface area contributed by atoms with Gasteiger partial charge in [-0.05, 0) is 57.9 Å². The molecule has 1 N–H and O–H groups in total. The van der Waals surface area contributed by atoms with Crippen molar-refractivity contribution in [2.45, 2.75) is 45.6 Å². The monoisotopic (exact) mass is 390 g/mol. The number of hydrogen-bond donors (Lipinski definition) is 1. The Hall–Kier alpha value is -2.86. The van der Waals surface area contributed by atoms with Crippen molar-refractivity contribution in [1.82, 2.24) is 19.9 Å². The number of aromatic nitrogens is 4. The van der Waals surface area contributed by atoms with E-state index < -0.39 is 5.60 Å².